The Hall–Kier alpha value is -1.03. The van der Waals surface area contributed by atoms with Crippen molar-refractivity contribution in [2.45, 2.75) is 12.6 Å². The molecule has 0 aliphatic rings. The van der Waals surface area contributed by atoms with Crippen molar-refractivity contribution in [2.24, 2.45) is 0 Å². The molecule has 0 saturated carbocycles. The summed E-state index contributed by atoms with van der Waals surface area (Å²) in [6, 6.07) is 4.92. The lowest BCUT2D eigenvalue weighted by Crippen LogP contribution is -2.04. The highest BCUT2D eigenvalue weighted by Gasteiger charge is 2.29. The van der Waals surface area contributed by atoms with Gasteiger partial charge in [-0.05, 0) is 24.1 Å². The smallest absolute Gasteiger partial charge is 0.258 e. The van der Waals surface area contributed by atoms with Crippen LogP contribution in [0.4, 0.5) is 13.2 Å². The predicted octanol–water partition coefficient (Wildman–Crippen LogP) is 2.53. The highest BCUT2D eigenvalue weighted by molar-refractivity contribution is 5.24. The summed E-state index contributed by atoms with van der Waals surface area (Å²) in [5.41, 5.74) is 7.02. The van der Waals surface area contributed by atoms with Gasteiger partial charge in [-0.3, -0.25) is 5.73 Å². The zero-order chi connectivity index (χ0) is 9.90. The molecule has 0 spiro atoms. The van der Waals surface area contributed by atoms with Crippen LogP contribution in [0.5, 0.6) is 0 Å². The van der Waals surface area contributed by atoms with E-state index < -0.39 is 11.7 Å². The van der Waals surface area contributed by atoms with Crippen LogP contribution in [0.1, 0.15) is 11.1 Å². The molecule has 4 heteroatoms. The SMILES string of the molecule is [NH]CCc1ccc(C(F)(F)F)cc1. The molecule has 0 aliphatic carbocycles. The monoisotopic (exact) mass is 188 g/mol. The second kappa shape index (κ2) is 3.79. The van der Waals surface area contributed by atoms with Gasteiger partial charge < -0.3 is 0 Å². The molecule has 1 aromatic rings. The summed E-state index contributed by atoms with van der Waals surface area (Å²) in [6.07, 6.45) is -3.77. The van der Waals surface area contributed by atoms with Crippen LogP contribution in [-0.4, -0.2) is 6.54 Å². The van der Waals surface area contributed by atoms with Gasteiger partial charge in [0.05, 0.1) is 5.56 Å². The molecule has 0 unspecified atom stereocenters. The molecule has 1 N–H and O–H groups in total. The van der Waals surface area contributed by atoms with Gasteiger partial charge in [0, 0.05) is 6.54 Å². The van der Waals surface area contributed by atoms with Gasteiger partial charge >= 0.3 is 6.18 Å². The molecule has 0 atom stereocenters. The quantitative estimate of drug-likeness (QED) is 0.681. The first-order valence-corrected chi connectivity index (χ1v) is 3.85. The summed E-state index contributed by atoms with van der Waals surface area (Å²) >= 11 is 0. The van der Waals surface area contributed by atoms with Gasteiger partial charge in [-0.1, -0.05) is 12.1 Å². The average Bonchev–Trinajstić information content (AvgIpc) is 2.04. The minimum Gasteiger partial charge on any atom is -0.258 e. The zero-order valence-corrected chi connectivity index (χ0v) is 6.86. The molecule has 1 rings (SSSR count). The molecule has 13 heavy (non-hydrogen) atoms. The normalized spacial score (nSPS) is 11.7. The molecule has 0 amide bonds. The van der Waals surface area contributed by atoms with Crippen molar-refractivity contribution in [3.8, 4) is 0 Å². The standard InChI is InChI=1S/C9H9F3N/c10-9(11,12)8-3-1-7(2-4-8)5-6-13/h1-4,13H,5-6H2. The number of hydrogen-bond donors (Lipinski definition) is 0. The maximum absolute atomic E-state index is 12.1. The molecule has 1 nitrogen and oxygen atoms in total. The fourth-order valence-corrected chi connectivity index (χ4v) is 1.00. The van der Waals surface area contributed by atoms with E-state index in [9.17, 15) is 13.2 Å². The van der Waals surface area contributed by atoms with Crippen LogP contribution in [0.15, 0.2) is 24.3 Å². The predicted molar refractivity (Wildman–Crippen MR) is 43.1 cm³/mol. The Balaban J connectivity index is 2.81. The number of rotatable bonds is 2. The first-order valence-electron chi connectivity index (χ1n) is 3.85. The third-order valence-corrected chi connectivity index (χ3v) is 1.69. The number of halogens is 3. The highest BCUT2D eigenvalue weighted by atomic mass is 19.4. The Morgan fingerprint density at radius 3 is 2.00 bits per heavy atom. The summed E-state index contributed by atoms with van der Waals surface area (Å²) in [7, 11) is 0. The van der Waals surface area contributed by atoms with Crippen molar-refractivity contribution in [1.82, 2.24) is 5.73 Å². The lowest BCUT2D eigenvalue weighted by Gasteiger charge is -2.06. The van der Waals surface area contributed by atoms with Crippen molar-refractivity contribution in [1.29, 1.82) is 0 Å². The Kier molecular flexibility index (Phi) is 2.93. The fourth-order valence-electron chi connectivity index (χ4n) is 1.00. The van der Waals surface area contributed by atoms with Gasteiger partial charge in [-0.25, -0.2) is 0 Å². The van der Waals surface area contributed by atoms with E-state index in [1.807, 2.05) is 0 Å². The van der Waals surface area contributed by atoms with Gasteiger partial charge in [-0.2, -0.15) is 13.2 Å². The van der Waals surface area contributed by atoms with Crippen LogP contribution in [0.25, 0.3) is 0 Å². The Morgan fingerprint density at radius 2 is 1.62 bits per heavy atom. The van der Waals surface area contributed by atoms with Gasteiger partial charge in [0.2, 0.25) is 0 Å². The summed E-state index contributed by atoms with van der Waals surface area (Å²) in [5, 5.41) is 0. The van der Waals surface area contributed by atoms with Crippen LogP contribution in [-0.2, 0) is 12.6 Å². The first kappa shape index (κ1) is 10.1. The van der Waals surface area contributed by atoms with E-state index in [-0.39, 0.29) is 6.54 Å². The topological polar surface area (TPSA) is 23.8 Å². The lowest BCUT2D eigenvalue weighted by molar-refractivity contribution is -0.137. The minimum absolute atomic E-state index is 0.200. The first-order chi connectivity index (χ1) is 6.04. The fraction of sp³-hybridized carbons (Fsp3) is 0.333. The Labute approximate surface area is 74.4 Å². The van der Waals surface area contributed by atoms with Crippen molar-refractivity contribution >= 4 is 0 Å². The molecule has 0 saturated heterocycles. The number of benzene rings is 1. The third kappa shape index (κ3) is 2.73. The van der Waals surface area contributed by atoms with Crippen LogP contribution < -0.4 is 5.73 Å². The van der Waals surface area contributed by atoms with Gasteiger partial charge in [-0.15, -0.1) is 0 Å². The minimum atomic E-state index is -4.26. The lowest BCUT2D eigenvalue weighted by atomic mass is 10.1. The molecule has 71 valence electrons. The van der Waals surface area contributed by atoms with Crippen LogP contribution >= 0.6 is 0 Å². The van der Waals surface area contributed by atoms with Crippen LogP contribution in [0, 0.1) is 0 Å². The van der Waals surface area contributed by atoms with E-state index in [0.29, 0.717) is 6.42 Å². The summed E-state index contributed by atoms with van der Waals surface area (Å²) in [6.45, 7) is 0.200. The molecular formula is C9H9F3N. The Bertz CT molecular complexity index is 263. The van der Waals surface area contributed by atoms with E-state index in [1.165, 1.54) is 12.1 Å². The summed E-state index contributed by atoms with van der Waals surface area (Å²) < 4.78 is 36.2. The second-order valence-electron chi connectivity index (χ2n) is 2.69. The van der Waals surface area contributed by atoms with E-state index in [0.717, 1.165) is 17.7 Å². The number of hydrogen-bond acceptors (Lipinski definition) is 0. The maximum atomic E-state index is 12.1. The maximum Gasteiger partial charge on any atom is 0.416 e. The molecular weight excluding hydrogens is 179 g/mol. The molecule has 0 aromatic heterocycles. The van der Waals surface area contributed by atoms with Gasteiger partial charge in [0.15, 0.2) is 0 Å². The van der Waals surface area contributed by atoms with E-state index in [1.54, 1.807) is 0 Å². The Morgan fingerprint density at radius 1 is 1.08 bits per heavy atom. The largest absolute Gasteiger partial charge is 0.416 e. The molecule has 0 aliphatic heterocycles. The third-order valence-electron chi connectivity index (χ3n) is 1.69. The van der Waals surface area contributed by atoms with Crippen LogP contribution in [0.2, 0.25) is 0 Å². The van der Waals surface area contributed by atoms with Crippen molar-refractivity contribution in [2.75, 3.05) is 6.54 Å². The van der Waals surface area contributed by atoms with Crippen molar-refractivity contribution < 1.29 is 13.2 Å². The number of alkyl halides is 3. The van der Waals surface area contributed by atoms with Gasteiger partial charge in [0.25, 0.3) is 0 Å². The molecule has 0 heterocycles. The van der Waals surface area contributed by atoms with E-state index >= 15 is 0 Å². The zero-order valence-electron chi connectivity index (χ0n) is 6.86. The van der Waals surface area contributed by atoms with E-state index in [2.05, 4.69) is 0 Å². The average molecular weight is 188 g/mol. The molecule has 0 bridgehead atoms. The van der Waals surface area contributed by atoms with E-state index in [4.69, 9.17) is 5.73 Å². The number of nitrogens with one attached hydrogen (secondary N) is 1. The van der Waals surface area contributed by atoms with Crippen LogP contribution in [0.3, 0.4) is 0 Å². The molecule has 1 radical (unpaired) electrons. The van der Waals surface area contributed by atoms with Gasteiger partial charge in [0.1, 0.15) is 0 Å². The summed E-state index contributed by atoms with van der Waals surface area (Å²) in [4.78, 5) is 0. The molecule has 0 fully saturated rings. The molecule has 1 aromatic carbocycles. The van der Waals surface area contributed by atoms with Crippen molar-refractivity contribution in [3.63, 3.8) is 0 Å². The van der Waals surface area contributed by atoms with Crippen molar-refractivity contribution in [3.05, 3.63) is 35.4 Å². The second-order valence-corrected chi connectivity index (χ2v) is 2.69. The summed E-state index contributed by atoms with van der Waals surface area (Å²) in [5.74, 6) is 0. The highest BCUT2D eigenvalue weighted by Crippen LogP contribution is 2.28.